The number of hydrogen-bond acceptors (Lipinski definition) is 1. The molecule has 3 heteroatoms. The van der Waals surface area contributed by atoms with Crippen molar-refractivity contribution in [1.82, 2.24) is 4.98 Å². The van der Waals surface area contributed by atoms with E-state index >= 15 is 0 Å². The zero-order chi connectivity index (χ0) is 13.2. The maximum atomic E-state index is 13.0. The van der Waals surface area contributed by atoms with Crippen molar-refractivity contribution in [2.45, 2.75) is 13.5 Å². The molecule has 1 N–H and O–H groups in total. The molecule has 3 rings (SSSR count). The summed E-state index contributed by atoms with van der Waals surface area (Å²) in [6.07, 6.45) is 1.90. The highest BCUT2D eigenvalue weighted by atomic mass is 19.1. The zero-order valence-electron chi connectivity index (χ0n) is 10.6. The number of rotatable bonds is 3. The highest BCUT2D eigenvalue weighted by Crippen LogP contribution is 2.21. The van der Waals surface area contributed by atoms with E-state index in [1.165, 1.54) is 12.1 Å². The van der Waals surface area contributed by atoms with Gasteiger partial charge >= 0.3 is 0 Å². The molecule has 0 radical (unpaired) electrons. The van der Waals surface area contributed by atoms with Gasteiger partial charge in [0.15, 0.2) is 0 Å². The van der Waals surface area contributed by atoms with E-state index in [1.807, 2.05) is 37.4 Å². The predicted octanol–water partition coefficient (Wildman–Crippen LogP) is 4.19. The minimum Gasteiger partial charge on any atom is -0.489 e. The van der Waals surface area contributed by atoms with Gasteiger partial charge < -0.3 is 9.72 Å². The number of hydrogen-bond donors (Lipinski definition) is 1. The molecule has 0 bridgehead atoms. The fourth-order valence-electron chi connectivity index (χ4n) is 2.10. The number of nitrogens with one attached hydrogen (secondary N) is 1. The number of H-pyrrole nitrogens is 1. The van der Waals surface area contributed by atoms with Crippen LogP contribution in [0.2, 0.25) is 0 Å². The molecule has 0 saturated heterocycles. The van der Waals surface area contributed by atoms with Crippen molar-refractivity contribution in [3.8, 4) is 5.75 Å². The maximum Gasteiger partial charge on any atom is 0.123 e. The Bertz CT molecular complexity index is 718. The first-order chi connectivity index (χ1) is 9.22. The molecule has 0 saturated carbocycles. The van der Waals surface area contributed by atoms with Gasteiger partial charge in [0.05, 0.1) is 0 Å². The van der Waals surface area contributed by atoms with E-state index in [0.29, 0.717) is 6.61 Å². The minimum absolute atomic E-state index is 0.213. The van der Waals surface area contributed by atoms with Crippen LogP contribution in [0.5, 0.6) is 5.75 Å². The Hall–Kier alpha value is -2.29. The first kappa shape index (κ1) is 11.8. The van der Waals surface area contributed by atoms with E-state index in [9.17, 15) is 4.39 Å². The second-order valence-corrected chi connectivity index (χ2v) is 4.59. The average Bonchev–Trinajstić information content (AvgIpc) is 2.85. The van der Waals surface area contributed by atoms with Gasteiger partial charge in [0, 0.05) is 17.1 Å². The van der Waals surface area contributed by atoms with Crippen molar-refractivity contribution in [2.24, 2.45) is 0 Å². The molecular weight excluding hydrogens is 241 g/mol. The summed E-state index contributed by atoms with van der Waals surface area (Å²) in [7, 11) is 0. The highest BCUT2D eigenvalue weighted by molar-refractivity contribution is 5.80. The van der Waals surface area contributed by atoms with Crippen LogP contribution in [0.3, 0.4) is 0 Å². The zero-order valence-corrected chi connectivity index (χ0v) is 10.6. The van der Waals surface area contributed by atoms with Gasteiger partial charge in [0.25, 0.3) is 0 Å². The lowest BCUT2D eigenvalue weighted by molar-refractivity contribution is 0.305. The summed E-state index contributed by atoms with van der Waals surface area (Å²) >= 11 is 0. The van der Waals surface area contributed by atoms with E-state index in [0.717, 1.165) is 27.8 Å². The van der Waals surface area contributed by atoms with Gasteiger partial charge in [-0.15, -0.1) is 0 Å². The Kier molecular flexibility index (Phi) is 2.95. The quantitative estimate of drug-likeness (QED) is 0.745. The lowest BCUT2D eigenvalue weighted by atomic mass is 10.1. The Morgan fingerprint density at radius 3 is 2.84 bits per heavy atom. The number of halogens is 1. The third-order valence-corrected chi connectivity index (χ3v) is 3.22. The number of benzene rings is 2. The van der Waals surface area contributed by atoms with Crippen LogP contribution < -0.4 is 4.74 Å². The lowest BCUT2D eigenvalue weighted by Crippen LogP contribution is -1.98. The Balaban J connectivity index is 1.77. The molecule has 0 fully saturated rings. The van der Waals surface area contributed by atoms with Crippen LogP contribution in [0.25, 0.3) is 10.9 Å². The van der Waals surface area contributed by atoms with Gasteiger partial charge in [-0.3, -0.25) is 0 Å². The molecule has 96 valence electrons. The van der Waals surface area contributed by atoms with Gasteiger partial charge in [-0.05, 0) is 54.4 Å². The molecule has 1 heterocycles. The molecule has 0 spiro atoms. The normalized spacial score (nSPS) is 10.8. The Morgan fingerprint density at radius 2 is 2.00 bits per heavy atom. The summed E-state index contributed by atoms with van der Waals surface area (Å²) in [4.78, 5) is 3.14. The largest absolute Gasteiger partial charge is 0.489 e. The molecule has 19 heavy (non-hydrogen) atoms. The third kappa shape index (κ3) is 2.45. The monoisotopic (exact) mass is 255 g/mol. The van der Waals surface area contributed by atoms with E-state index in [1.54, 1.807) is 6.07 Å². The first-order valence-electron chi connectivity index (χ1n) is 6.17. The molecule has 0 amide bonds. The topological polar surface area (TPSA) is 25.0 Å². The molecule has 1 aromatic heterocycles. The summed E-state index contributed by atoms with van der Waals surface area (Å²) in [5, 5.41) is 1.12. The lowest BCUT2D eigenvalue weighted by Gasteiger charge is -2.09. The highest BCUT2D eigenvalue weighted by Gasteiger charge is 2.02. The standard InChI is InChI=1S/C16H14FNO/c1-11-8-14(17)3-2-13(11)10-19-15-4-5-16-12(9-15)6-7-18-16/h2-9,18H,10H2,1H3. The molecule has 0 aliphatic carbocycles. The smallest absolute Gasteiger partial charge is 0.123 e. The van der Waals surface area contributed by atoms with Gasteiger partial charge in [-0.1, -0.05) is 6.07 Å². The van der Waals surface area contributed by atoms with Gasteiger partial charge in [-0.25, -0.2) is 4.39 Å². The SMILES string of the molecule is Cc1cc(F)ccc1COc1ccc2[nH]ccc2c1. The van der Waals surface area contributed by atoms with Crippen molar-refractivity contribution in [3.05, 3.63) is 65.6 Å². The van der Waals surface area contributed by atoms with E-state index in [4.69, 9.17) is 4.74 Å². The summed E-state index contributed by atoms with van der Waals surface area (Å²) in [5.41, 5.74) is 2.99. The van der Waals surface area contributed by atoms with Gasteiger partial charge in [0.2, 0.25) is 0 Å². The number of aromatic amines is 1. The van der Waals surface area contributed by atoms with Crippen LogP contribution in [0.1, 0.15) is 11.1 Å². The fourth-order valence-corrected chi connectivity index (χ4v) is 2.10. The molecule has 0 unspecified atom stereocenters. The molecule has 0 aliphatic rings. The molecular formula is C16H14FNO. The number of ether oxygens (including phenoxy) is 1. The molecule has 0 aliphatic heterocycles. The van der Waals surface area contributed by atoms with Gasteiger partial charge in [0.1, 0.15) is 18.2 Å². The molecule has 2 aromatic carbocycles. The fraction of sp³-hybridized carbons (Fsp3) is 0.125. The predicted molar refractivity (Wildman–Crippen MR) is 73.8 cm³/mol. The van der Waals surface area contributed by atoms with Crippen LogP contribution >= 0.6 is 0 Å². The summed E-state index contributed by atoms with van der Waals surface area (Å²) in [5.74, 6) is 0.603. The Morgan fingerprint density at radius 1 is 1.11 bits per heavy atom. The van der Waals surface area contributed by atoms with E-state index in [-0.39, 0.29) is 5.82 Å². The second kappa shape index (κ2) is 4.76. The van der Waals surface area contributed by atoms with Crippen molar-refractivity contribution in [2.75, 3.05) is 0 Å². The van der Waals surface area contributed by atoms with E-state index < -0.39 is 0 Å². The van der Waals surface area contributed by atoms with Crippen LogP contribution in [-0.4, -0.2) is 4.98 Å². The number of aromatic nitrogens is 1. The van der Waals surface area contributed by atoms with Crippen molar-refractivity contribution in [1.29, 1.82) is 0 Å². The molecule has 0 atom stereocenters. The Labute approximate surface area is 110 Å². The third-order valence-electron chi connectivity index (χ3n) is 3.22. The van der Waals surface area contributed by atoms with E-state index in [2.05, 4.69) is 4.98 Å². The summed E-state index contributed by atoms with van der Waals surface area (Å²) < 4.78 is 18.8. The average molecular weight is 255 g/mol. The second-order valence-electron chi connectivity index (χ2n) is 4.59. The van der Waals surface area contributed by atoms with Crippen molar-refractivity contribution >= 4 is 10.9 Å². The number of aryl methyl sites for hydroxylation is 1. The summed E-state index contributed by atoms with van der Waals surface area (Å²) in [6.45, 7) is 2.33. The molecule has 2 nitrogen and oxygen atoms in total. The van der Waals surface area contributed by atoms with Crippen molar-refractivity contribution < 1.29 is 9.13 Å². The first-order valence-corrected chi connectivity index (χ1v) is 6.17. The van der Waals surface area contributed by atoms with Crippen LogP contribution in [0.4, 0.5) is 4.39 Å². The minimum atomic E-state index is -0.213. The van der Waals surface area contributed by atoms with Gasteiger partial charge in [-0.2, -0.15) is 0 Å². The van der Waals surface area contributed by atoms with Crippen LogP contribution in [-0.2, 0) is 6.61 Å². The van der Waals surface area contributed by atoms with Crippen molar-refractivity contribution in [3.63, 3.8) is 0 Å². The molecule has 3 aromatic rings. The summed E-state index contributed by atoms with van der Waals surface area (Å²) in [6, 6.07) is 12.7. The van der Waals surface area contributed by atoms with Crippen LogP contribution in [0, 0.1) is 12.7 Å². The number of fused-ring (bicyclic) bond motifs is 1. The van der Waals surface area contributed by atoms with Crippen LogP contribution in [0.15, 0.2) is 48.7 Å². The maximum absolute atomic E-state index is 13.0.